The molecule has 0 saturated carbocycles. The molecule has 19 heavy (non-hydrogen) atoms. The summed E-state index contributed by atoms with van der Waals surface area (Å²) in [6.45, 7) is 3.55. The molecule has 0 aromatic heterocycles. The number of nitro benzene ring substituents is 1. The van der Waals surface area contributed by atoms with Crippen LogP contribution in [-0.2, 0) is 4.79 Å². The molecule has 0 aliphatic heterocycles. The summed E-state index contributed by atoms with van der Waals surface area (Å²) < 4.78 is 13.1. The highest BCUT2D eigenvalue weighted by Crippen LogP contribution is 2.23. The highest BCUT2D eigenvalue weighted by Gasteiger charge is 2.30. The number of nitrogens with two attached hydrogens (primary N) is 1. The van der Waals surface area contributed by atoms with E-state index >= 15 is 0 Å². The minimum Gasteiger partial charge on any atom is -0.324 e. The summed E-state index contributed by atoms with van der Waals surface area (Å²) in [4.78, 5) is 21.7. The average Bonchev–Trinajstić information content (AvgIpc) is 2.39. The van der Waals surface area contributed by atoms with Gasteiger partial charge in [-0.1, -0.05) is 13.8 Å². The van der Waals surface area contributed by atoms with Crippen molar-refractivity contribution in [2.75, 3.05) is 5.32 Å². The van der Waals surface area contributed by atoms with Crippen LogP contribution in [0, 0.1) is 15.9 Å². The summed E-state index contributed by atoms with van der Waals surface area (Å²) in [5.74, 6) is -1.40. The molecule has 0 aliphatic rings. The van der Waals surface area contributed by atoms with Gasteiger partial charge in [0.15, 0.2) is 0 Å². The van der Waals surface area contributed by atoms with E-state index in [1.165, 1.54) is 6.07 Å². The first-order chi connectivity index (χ1) is 8.84. The lowest BCUT2D eigenvalue weighted by Gasteiger charge is -2.25. The van der Waals surface area contributed by atoms with Crippen LogP contribution in [0.25, 0.3) is 0 Å². The van der Waals surface area contributed by atoms with Gasteiger partial charge in [0.2, 0.25) is 11.7 Å². The molecule has 0 radical (unpaired) electrons. The van der Waals surface area contributed by atoms with Gasteiger partial charge in [0.25, 0.3) is 0 Å². The predicted octanol–water partition coefficient (Wildman–Crippen LogP) is 2.19. The van der Waals surface area contributed by atoms with Crippen LogP contribution in [0.3, 0.4) is 0 Å². The molecule has 6 nitrogen and oxygen atoms in total. The maximum atomic E-state index is 13.1. The Morgan fingerprint density at radius 3 is 2.53 bits per heavy atom. The fraction of sp³-hybridized carbons (Fsp3) is 0.417. The van der Waals surface area contributed by atoms with Gasteiger partial charge < -0.3 is 11.1 Å². The second kappa shape index (κ2) is 5.75. The Morgan fingerprint density at radius 2 is 2.05 bits per heavy atom. The maximum Gasteiger partial charge on any atom is 0.306 e. The standard InChI is InChI=1S/C12H16FN3O3/c1-3-12(14,4-2)11(17)15-8-5-6-9(13)10(7-8)16(18)19/h5-7H,3-4,14H2,1-2H3,(H,15,17). The molecule has 0 fully saturated rings. The van der Waals surface area contributed by atoms with Gasteiger partial charge in [-0.05, 0) is 25.0 Å². The highest BCUT2D eigenvalue weighted by molar-refractivity contribution is 5.98. The molecular weight excluding hydrogens is 253 g/mol. The van der Waals surface area contributed by atoms with Crippen LogP contribution in [0.5, 0.6) is 0 Å². The van der Waals surface area contributed by atoms with Gasteiger partial charge in [-0.15, -0.1) is 0 Å². The van der Waals surface area contributed by atoms with Crippen molar-refractivity contribution in [2.45, 2.75) is 32.2 Å². The minimum absolute atomic E-state index is 0.148. The third-order valence-corrected chi connectivity index (χ3v) is 3.11. The number of halogens is 1. The van der Waals surface area contributed by atoms with Gasteiger partial charge in [-0.2, -0.15) is 4.39 Å². The lowest BCUT2D eigenvalue weighted by atomic mass is 9.93. The summed E-state index contributed by atoms with van der Waals surface area (Å²) >= 11 is 0. The lowest BCUT2D eigenvalue weighted by Crippen LogP contribution is -2.50. The molecule has 0 unspecified atom stereocenters. The molecule has 1 aromatic rings. The van der Waals surface area contributed by atoms with Gasteiger partial charge >= 0.3 is 5.69 Å². The molecule has 104 valence electrons. The zero-order valence-electron chi connectivity index (χ0n) is 10.8. The number of nitrogens with one attached hydrogen (secondary N) is 1. The fourth-order valence-corrected chi connectivity index (χ4v) is 1.56. The predicted molar refractivity (Wildman–Crippen MR) is 69.2 cm³/mol. The summed E-state index contributed by atoms with van der Waals surface area (Å²) in [5, 5.41) is 13.1. The third-order valence-electron chi connectivity index (χ3n) is 3.11. The van der Waals surface area contributed by atoms with Crippen LogP contribution in [0.15, 0.2) is 18.2 Å². The van der Waals surface area contributed by atoms with Gasteiger partial charge in [-0.3, -0.25) is 14.9 Å². The summed E-state index contributed by atoms with van der Waals surface area (Å²) in [5.41, 5.74) is 4.32. The highest BCUT2D eigenvalue weighted by atomic mass is 19.1. The first-order valence-electron chi connectivity index (χ1n) is 5.88. The topological polar surface area (TPSA) is 98.3 Å². The largest absolute Gasteiger partial charge is 0.324 e. The number of carbonyl (C=O) groups excluding carboxylic acids is 1. The van der Waals surface area contributed by atoms with E-state index in [0.29, 0.717) is 12.8 Å². The van der Waals surface area contributed by atoms with E-state index in [4.69, 9.17) is 5.73 Å². The van der Waals surface area contributed by atoms with Gasteiger partial charge in [-0.25, -0.2) is 0 Å². The number of benzene rings is 1. The monoisotopic (exact) mass is 269 g/mol. The molecule has 0 heterocycles. The molecule has 1 amide bonds. The SMILES string of the molecule is CCC(N)(CC)C(=O)Nc1ccc(F)c([N+](=O)[O-])c1. The second-order valence-electron chi connectivity index (χ2n) is 4.24. The van der Waals surface area contributed by atoms with Crippen molar-refractivity contribution >= 4 is 17.3 Å². The number of amides is 1. The van der Waals surface area contributed by atoms with Crippen molar-refractivity contribution < 1.29 is 14.1 Å². The number of hydrogen-bond donors (Lipinski definition) is 2. The van der Waals surface area contributed by atoms with Gasteiger partial charge in [0, 0.05) is 11.8 Å². The Bertz CT molecular complexity index is 501. The van der Waals surface area contributed by atoms with E-state index < -0.39 is 27.9 Å². The first-order valence-corrected chi connectivity index (χ1v) is 5.88. The van der Waals surface area contributed by atoms with Crippen LogP contribution >= 0.6 is 0 Å². The summed E-state index contributed by atoms with van der Waals surface area (Å²) in [6.07, 6.45) is 0.858. The van der Waals surface area contributed by atoms with Crippen molar-refractivity contribution in [3.63, 3.8) is 0 Å². The van der Waals surface area contributed by atoms with Gasteiger partial charge in [0.05, 0.1) is 10.5 Å². The quantitative estimate of drug-likeness (QED) is 0.632. The Kier molecular flexibility index (Phi) is 4.55. The van der Waals surface area contributed by atoms with Gasteiger partial charge in [0.1, 0.15) is 0 Å². The zero-order chi connectivity index (χ0) is 14.6. The van der Waals surface area contributed by atoms with Crippen LogP contribution in [-0.4, -0.2) is 16.4 Å². The molecule has 0 spiro atoms. The van der Waals surface area contributed by atoms with E-state index in [1.807, 2.05) is 0 Å². The van der Waals surface area contributed by atoms with Crippen molar-refractivity contribution in [1.82, 2.24) is 0 Å². The summed E-state index contributed by atoms with van der Waals surface area (Å²) in [7, 11) is 0. The number of carbonyl (C=O) groups is 1. The van der Waals surface area contributed by atoms with E-state index in [-0.39, 0.29) is 5.69 Å². The number of rotatable bonds is 5. The fourth-order valence-electron chi connectivity index (χ4n) is 1.56. The number of nitro groups is 1. The lowest BCUT2D eigenvalue weighted by molar-refractivity contribution is -0.387. The van der Waals surface area contributed by atoms with E-state index in [1.54, 1.807) is 13.8 Å². The maximum absolute atomic E-state index is 13.1. The first kappa shape index (κ1) is 15.0. The Balaban J connectivity index is 2.98. The molecule has 3 N–H and O–H groups in total. The molecule has 1 aromatic carbocycles. The van der Waals surface area contributed by atoms with Crippen LogP contribution < -0.4 is 11.1 Å². The van der Waals surface area contributed by atoms with Crippen molar-refractivity contribution in [2.24, 2.45) is 5.73 Å². The minimum atomic E-state index is -1.04. The normalized spacial score (nSPS) is 11.2. The molecule has 0 atom stereocenters. The molecule has 0 saturated heterocycles. The van der Waals surface area contributed by atoms with Crippen molar-refractivity contribution in [3.05, 3.63) is 34.1 Å². The van der Waals surface area contributed by atoms with E-state index in [0.717, 1.165) is 12.1 Å². The smallest absolute Gasteiger partial charge is 0.306 e. The number of anilines is 1. The number of nitrogens with zero attached hydrogens (tertiary/aromatic N) is 1. The molecule has 7 heteroatoms. The Morgan fingerprint density at radius 1 is 1.47 bits per heavy atom. The molecular formula is C12H16FN3O3. The van der Waals surface area contributed by atoms with Crippen LogP contribution in [0.1, 0.15) is 26.7 Å². The van der Waals surface area contributed by atoms with E-state index in [2.05, 4.69) is 5.32 Å². The molecule has 0 bridgehead atoms. The average molecular weight is 269 g/mol. The Hall–Kier alpha value is -2.02. The summed E-state index contributed by atoms with van der Waals surface area (Å²) in [6, 6.07) is 3.16. The van der Waals surface area contributed by atoms with Crippen molar-refractivity contribution in [3.8, 4) is 0 Å². The Labute approximate surface area is 109 Å². The molecule has 0 aliphatic carbocycles. The van der Waals surface area contributed by atoms with Crippen LogP contribution in [0.4, 0.5) is 15.8 Å². The van der Waals surface area contributed by atoms with E-state index in [9.17, 15) is 19.3 Å². The second-order valence-corrected chi connectivity index (χ2v) is 4.24. The molecule has 1 rings (SSSR count). The zero-order valence-corrected chi connectivity index (χ0v) is 10.8. The third kappa shape index (κ3) is 3.25. The number of hydrogen-bond acceptors (Lipinski definition) is 4. The van der Waals surface area contributed by atoms with Crippen molar-refractivity contribution in [1.29, 1.82) is 0 Å². The van der Waals surface area contributed by atoms with Crippen LogP contribution in [0.2, 0.25) is 0 Å².